The number of nitrogens with one attached hydrogen (secondary N) is 1. The van der Waals surface area contributed by atoms with Crippen molar-refractivity contribution in [1.29, 1.82) is 0 Å². The average Bonchev–Trinajstić information content (AvgIpc) is 2.79. The van der Waals surface area contributed by atoms with Gasteiger partial charge in [0, 0.05) is 12.8 Å². The van der Waals surface area contributed by atoms with E-state index in [0.717, 1.165) is 37.7 Å². The van der Waals surface area contributed by atoms with Gasteiger partial charge in [0.2, 0.25) is 6.41 Å². The summed E-state index contributed by atoms with van der Waals surface area (Å²) in [4.78, 5) is 35.9. The van der Waals surface area contributed by atoms with Gasteiger partial charge in [0.25, 0.3) is 0 Å². The number of hydrogen-bond donors (Lipinski definition) is 1. The smallest absolute Gasteiger partial charge is 0.329 e. The first kappa shape index (κ1) is 25.6. The number of amides is 1. The van der Waals surface area contributed by atoms with Crippen LogP contribution in [0.1, 0.15) is 70.8 Å². The van der Waals surface area contributed by atoms with Gasteiger partial charge in [0.15, 0.2) is 0 Å². The molecule has 1 aliphatic heterocycles. The Balaban J connectivity index is 1.97. The zero-order valence-electron chi connectivity index (χ0n) is 19.3. The lowest BCUT2D eigenvalue weighted by Crippen LogP contribution is -2.48. The fourth-order valence-corrected chi connectivity index (χ4v) is 4.03. The number of allylic oxidation sites excluding steroid dienone is 2. The summed E-state index contributed by atoms with van der Waals surface area (Å²) in [5, 5.41) is 2.59. The minimum absolute atomic E-state index is 0.108. The molecule has 0 aliphatic carbocycles. The van der Waals surface area contributed by atoms with E-state index in [2.05, 4.69) is 12.2 Å². The number of ether oxygens (including phenoxy) is 2. The quantitative estimate of drug-likeness (QED) is 0.176. The zero-order valence-corrected chi connectivity index (χ0v) is 19.3. The second-order valence-corrected chi connectivity index (χ2v) is 8.40. The molecule has 1 aromatic rings. The predicted molar refractivity (Wildman–Crippen MR) is 124 cm³/mol. The van der Waals surface area contributed by atoms with E-state index in [0.29, 0.717) is 25.7 Å². The molecule has 1 aliphatic rings. The standard InChI is InChI=1S/C26H37NO5/c1-3-5-7-12-16-22-24(32-25(22)29)18-21(15-9-6-4-2)31-26(30)23(27-19-28)17-20-13-10-8-11-14-20/h4,6,8,10-11,13-14,19,21-24H,3,5,7,9,12,15-18H2,1-2H3,(H,27,28)/t21-,22-,23-,24-/m0/s1. The summed E-state index contributed by atoms with van der Waals surface area (Å²) in [5.41, 5.74) is 0.939. The Kier molecular flexibility index (Phi) is 11.6. The molecule has 6 nitrogen and oxygen atoms in total. The van der Waals surface area contributed by atoms with Crippen LogP contribution in [0.15, 0.2) is 42.5 Å². The van der Waals surface area contributed by atoms with Crippen LogP contribution in [0.25, 0.3) is 0 Å². The predicted octanol–water partition coefficient (Wildman–Crippen LogP) is 4.51. The maximum Gasteiger partial charge on any atom is 0.329 e. The first-order chi connectivity index (χ1) is 15.6. The van der Waals surface area contributed by atoms with Crippen molar-refractivity contribution < 1.29 is 23.9 Å². The topological polar surface area (TPSA) is 81.7 Å². The van der Waals surface area contributed by atoms with Crippen LogP contribution in [-0.4, -0.2) is 36.6 Å². The minimum Gasteiger partial charge on any atom is -0.461 e. The highest BCUT2D eigenvalue weighted by atomic mass is 16.6. The summed E-state index contributed by atoms with van der Waals surface area (Å²) in [6.45, 7) is 4.11. The van der Waals surface area contributed by atoms with Gasteiger partial charge in [-0.2, -0.15) is 0 Å². The van der Waals surface area contributed by atoms with Crippen LogP contribution in [0, 0.1) is 5.92 Å². The monoisotopic (exact) mass is 443 g/mol. The molecule has 1 saturated heterocycles. The van der Waals surface area contributed by atoms with Gasteiger partial charge < -0.3 is 14.8 Å². The van der Waals surface area contributed by atoms with Crippen molar-refractivity contribution in [3.8, 4) is 0 Å². The SMILES string of the molecule is CC=CCC[C@@H](C[C@@H]1OC(=O)[C@H]1CCCCCC)OC(=O)[C@H](Cc1ccccc1)NC=O. The molecule has 32 heavy (non-hydrogen) atoms. The molecule has 0 radical (unpaired) electrons. The van der Waals surface area contributed by atoms with Gasteiger partial charge >= 0.3 is 11.9 Å². The Hall–Kier alpha value is -2.63. The zero-order chi connectivity index (χ0) is 23.2. The second kappa shape index (κ2) is 14.4. The van der Waals surface area contributed by atoms with Gasteiger partial charge in [-0.25, -0.2) is 4.79 Å². The average molecular weight is 444 g/mol. The van der Waals surface area contributed by atoms with Gasteiger partial charge in [-0.15, -0.1) is 0 Å². The van der Waals surface area contributed by atoms with Crippen LogP contribution in [-0.2, 0) is 30.3 Å². The molecule has 1 fully saturated rings. The van der Waals surface area contributed by atoms with Crippen molar-refractivity contribution in [2.45, 2.75) is 89.9 Å². The van der Waals surface area contributed by atoms with Gasteiger partial charge in [0.1, 0.15) is 18.2 Å². The van der Waals surface area contributed by atoms with Gasteiger partial charge in [-0.05, 0) is 31.7 Å². The lowest BCUT2D eigenvalue weighted by atomic mass is 9.86. The molecule has 1 aromatic carbocycles. The molecule has 176 valence electrons. The van der Waals surface area contributed by atoms with Crippen molar-refractivity contribution >= 4 is 18.3 Å². The van der Waals surface area contributed by atoms with Crippen LogP contribution >= 0.6 is 0 Å². The number of rotatable bonds is 16. The van der Waals surface area contributed by atoms with Gasteiger partial charge in [-0.1, -0.05) is 75.1 Å². The summed E-state index contributed by atoms with van der Waals surface area (Å²) < 4.78 is 11.2. The van der Waals surface area contributed by atoms with Crippen LogP contribution < -0.4 is 5.32 Å². The molecule has 0 unspecified atom stereocenters. The highest BCUT2D eigenvalue weighted by Gasteiger charge is 2.43. The van der Waals surface area contributed by atoms with Gasteiger partial charge in [-0.3, -0.25) is 9.59 Å². The van der Waals surface area contributed by atoms with Crippen molar-refractivity contribution in [3.05, 3.63) is 48.0 Å². The number of esters is 2. The number of carbonyl (C=O) groups is 3. The maximum atomic E-state index is 12.9. The van der Waals surface area contributed by atoms with E-state index in [1.165, 1.54) is 6.42 Å². The van der Waals surface area contributed by atoms with E-state index < -0.39 is 12.0 Å². The first-order valence-corrected chi connectivity index (χ1v) is 11.8. The number of carbonyl (C=O) groups excluding carboxylic acids is 3. The molecule has 6 heteroatoms. The third kappa shape index (κ3) is 8.48. The highest BCUT2D eigenvalue weighted by Crippen LogP contribution is 2.32. The summed E-state index contributed by atoms with van der Waals surface area (Å²) in [5.74, 6) is -0.714. The normalized spacial score (nSPS) is 19.6. The lowest BCUT2D eigenvalue weighted by molar-refractivity contribution is -0.190. The Morgan fingerprint density at radius 3 is 2.66 bits per heavy atom. The molecule has 1 amide bonds. The van der Waals surface area contributed by atoms with E-state index in [9.17, 15) is 14.4 Å². The van der Waals surface area contributed by atoms with E-state index in [1.54, 1.807) is 0 Å². The lowest BCUT2D eigenvalue weighted by Gasteiger charge is -2.37. The Morgan fingerprint density at radius 1 is 1.22 bits per heavy atom. The number of unbranched alkanes of at least 4 members (excludes halogenated alkanes) is 3. The van der Waals surface area contributed by atoms with E-state index in [4.69, 9.17) is 9.47 Å². The Morgan fingerprint density at radius 2 is 2.00 bits per heavy atom. The molecular weight excluding hydrogens is 406 g/mol. The second-order valence-electron chi connectivity index (χ2n) is 8.40. The largest absolute Gasteiger partial charge is 0.461 e. The van der Waals surface area contributed by atoms with E-state index in [-0.39, 0.29) is 24.1 Å². The summed E-state index contributed by atoms with van der Waals surface area (Å²) in [6.07, 6.45) is 11.5. The molecule has 0 bridgehead atoms. The Labute approximate surface area is 191 Å². The highest BCUT2D eigenvalue weighted by molar-refractivity contribution is 5.79. The third-order valence-electron chi connectivity index (χ3n) is 5.89. The molecule has 1 heterocycles. The summed E-state index contributed by atoms with van der Waals surface area (Å²) in [7, 11) is 0. The molecule has 0 aromatic heterocycles. The number of benzene rings is 1. The molecular formula is C26H37NO5. The third-order valence-corrected chi connectivity index (χ3v) is 5.89. The first-order valence-electron chi connectivity index (χ1n) is 11.8. The number of cyclic esters (lactones) is 1. The Bertz CT molecular complexity index is 733. The van der Waals surface area contributed by atoms with Gasteiger partial charge in [0.05, 0.1) is 5.92 Å². The minimum atomic E-state index is -0.757. The fourth-order valence-electron chi connectivity index (χ4n) is 4.03. The van der Waals surface area contributed by atoms with Crippen molar-refractivity contribution in [2.24, 2.45) is 5.92 Å². The molecule has 0 saturated carbocycles. The van der Waals surface area contributed by atoms with E-state index in [1.807, 2.05) is 49.4 Å². The van der Waals surface area contributed by atoms with Crippen molar-refractivity contribution in [2.75, 3.05) is 0 Å². The molecule has 1 N–H and O–H groups in total. The van der Waals surface area contributed by atoms with Crippen molar-refractivity contribution in [3.63, 3.8) is 0 Å². The van der Waals surface area contributed by atoms with Crippen molar-refractivity contribution in [1.82, 2.24) is 5.32 Å². The summed E-state index contributed by atoms with van der Waals surface area (Å²) >= 11 is 0. The van der Waals surface area contributed by atoms with E-state index >= 15 is 0 Å². The molecule has 4 atom stereocenters. The van der Waals surface area contributed by atoms with Crippen LogP contribution in [0.2, 0.25) is 0 Å². The maximum absolute atomic E-state index is 12.9. The molecule has 2 rings (SSSR count). The molecule has 0 spiro atoms. The number of hydrogen-bond acceptors (Lipinski definition) is 5. The van der Waals surface area contributed by atoms with Crippen LogP contribution in [0.4, 0.5) is 0 Å². The fraction of sp³-hybridized carbons (Fsp3) is 0.577. The van der Waals surface area contributed by atoms with Crippen LogP contribution in [0.3, 0.4) is 0 Å². The summed E-state index contributed by atoms with van der Waals surface area (Å²) in [6, 6.07) is 8.75. The van der Waals surface area contributed by atoms with Crippen LogP contribution in [0.5, 0.6) is 0 Å².